The smallest absolute Gasteiger partial charge is 0.00577 e. The molecule has 0 aromatic heterocycles. The Balaban J connectivity index is 2.17. The first-order valence-electron chi connectivity index (χ1n) is 5.03. The quantitative estimate of drug-likeness (QED) is 0.638. The second-order valence-corrected chi connectivity index (χ2v) is 4.28. The Morgan fingerprint density at radius 3 is 2.69 bits per heavy atom. The van der Waals surface area contributed by atoms with Gasteiger partial charge >= 0.3 is 0 Å². The molecule has 0 saturated carbocycles. The summed E-state index contributed by atoms with van der Waals surface area (Å²) in [6, 6.07) is 8.69. The molecule has 0 unspecified atom stereocenters. The highest BCUT2D eigenvalue weighted by atomic mass is 14.2. The van der Waals surface area contributed by atoms with Gasteiger partial charge in [-0.15, -0.1) is 0 Å². The molecular weight excluding hydrogens is 156 g/mol. The van der Waals surface area contributed by atoms with Crippen molar-refractivity contribution in [1.29, 1.82) is 0 Å². The van der Waals surface area contributed by atoms with Crippen molar-refractivity contribution < 1.29 is 0 Å². The van der Waals surface area contributed by atoms with E-state index in [4.69, 9.17) is 0 Å². The fourth-order valence-corrected chi connectivity index (χ4v) is 2.01. The molecule has 0 aliphatic heterocycles. The van der Waals surface area contributed by atoms with Gasteiger partial charge in [0.2, 0.25) is 0 Å². The third kappa shape index (κ3) is 1.82. The minimum atomic E-state index is 0.778. The molecule has 0 N–H and O–H groups in total. The summed E-state index contributed by atoms with van der Waals surface area (Å²) in [7, 11) is 0. The minimum absolute atomic E-state index is 0.778. The van der Waals surface area contributed by atoms with Crippen LogP contribution in [-0.4, -0.2) is 0 Å². The first-order chi connectivity index (χ1) is 6.25. The molecule has 0 radical (unpaired) electrons. The topological polar surface area (TPSA) is 0 Å². The fraction of sp³-hybridized carbons (Fsp3) is 0.385. The molecule has 0 bridgehead atoms. The van der Waals surface area contributed by atoms with E-state index < -0.39 is 0 Å². The van der Waals surface area contributed by atoms with Gasteiger partial charge in [0, 0.05) is 0 Å². The molecule has 0 fully saturated rings. The highest BCUT2D eigenvalue weighted by Crippen LogP contribution is 2.28. The van der Waals surface area contributed by atoms with Crippen LogP contribution in [0.2, 0.25) is 0 Å². The third-order valence-electron chi connectivity index (χ3n) is 2.50. The van der Waals surface area contributed by atoms with Gasteiger partial charge in [-0.05, 0) is 29.9 Å². The van der Waals surface area contributed by atoms with Crippen molar-refractivity contribution in [1.82, 2.24) is 0 Å². The van der Waals surface area contributed by atoms with Crippen LogP contribution in [0.4, 0.5) is 0 Å². The van der Waals surface area contributed by atoms with E-state index in [0.29, 0.717) is 0 Å². The molecule has 68 valence electrons. The third-order valence-corrected chi connectivity index (χ3v) is 2.50. The highest BCUT2D eigenvalue weighted by molar-refractivity contribution is 5.63. The average Bonchev–Trinajstić information content (AvgIpc) is 2.44. The van der Waals surface area contributed by atoms with Crippen LogP contribution < -0.4 is 0 Å². The van der Waals surface area contributed by atoms with Crippen LogP contribution in [0.25, 0.3) is 6.08 Å². The molecule has 0 amide bonds. The monoisotopic (exact) mass is 172 g/mol. The van der Waals surface area contributed by atoms with Crippen molar-refractivity contribution in [3.63, 3.8) is 0 Å². The van der Waals surface area contributed by atoms with E-state index >= 15 is 0 Å². The summed E-state index contributed by atoms with van der Waals surface area (Å²) in [5.41, 5.74) is 4.52. The Bertz CT molecular complexity index is 332. The summed E-state index contributed by atoms with van der Waals surface area (Å²) in [4.78, 5) is 0. The number of benzene rings is 1. The molecule has 0 heterocycles. The first-order valence-corrected chi connectivity index (χ1v) is 5.03. The summed E-state index contributed by atoms with van der Waals surface area (Å²) in [6.07, 6.45) is 4.78. The number of allylic oxidation sites excluding steroid dienone is 1. The van der Waals surface area contributed by atoms with Crippen molar-refractivity contribution in [2.45, 2.75) is 26.7 Å². The molecule has 1 aromatic rings. The molecule has 13 heavy (non-hydrogen) atoms. The van der Waals surface area contributed by atoms with Crippen LogP contribution in [0.3, 0.4) is 0 Å². The lowest BCUT2D eigenvalue weighted by Gasteiger charge is -2.04. The first kappa shape index (κ1) is 8.55. The number of hydrogen-bond acceptors (Lipinski definition) is 0. The Hall–Kier alpha value is -1.04. The Labute approximate surface area is 80.3 Å². The molecule has 0 atom stereocenters. The van der Waals surface area contributed by atoms with E-state index in [1.807, 2.05) is 0 Å². The van der Waals surface area contributed by atoms with Gasteiger partial charge in [-0.2, -0.15) is 0 Å². The lowest BCUT2D eigenvalue weighted by atomic mass is 10.0. The Morgan fingerprint density at radius 2 is 2.00 bits per heavy atom. The van der Waals surface area contributed by atoms with Crippen LogP contribution in [-0.2, 0) is 6.42 Å². The molecular formula is C13H16. The van der Waals surface area contributed by atoms with Gasteiger partial charge in [-0.25, -0.2) is 0 Å². The van der Waals surface area contributed by atoms with Crippen LogP contribution in [0.1, 0.15) is 31.4 Å². The van der Waals surface area contributed by atoms with Crippen molar-refractivity contribution in [3.8, 4) is 0 Å². The zero-order valence-corrected chi connectivity index (χ0v) is 8.38. The number of fused-ring (bicyclic) bond motifs is 1. The summed E-state index contributed by atoms with van der Waals surface area (Å²) in [6.45, 7) is 4.56. The maximum absolute atomic E-state index is 2.36. The van der Waals surface area contributed by atoms with Crippen LogP contribution in [0.5, 0.6) is 0 Å². The van der Waals surface area contributed by atoms with E-state index in [2.05, 4.69) is 44.2 Å². The van der Waals surface area contributed by atoms with Crippen LogP contribution in [0, 0.1) is 5.92 Å². The van der Waals surface area contributed by atoms with Crippen molar-refractivity contribution in [2.24, 2.45) is 5.92 Å². The Kier molecular flexibility index (Phi) is 2.22. The van der Waals surface area contributed by atoms with E-state index in [9.17, 15) is 0 Å². The zero-order valence-electron chi connectivity index (χ0n) is 8.38. The summed E-state index contributed by atoms with van der Waals surface area (Å²) in [5.74, 6) is 0.778. The maximum atomic E-state index is 2.36. The average molecular weight is 172 g/mol. The van der Waals surface area contributed by atoms with Gasteiger partial charge in [-0.3, -0.25) is 0 Å². The van der Waals surface area contributed by atoms with Crippen molar-refractivity contribution in [2.75, 3.05) is 0 Å². The standard InChI is InChI=1S/C13H16/c1-10(2)7-11-8-12-5-3-4-6-13(12)9-11/h3-6,8,10H,7,9H2,1-2H3. The highest BCUT2D eigenvalue weighted by Gasteiger charge is 2.11. The van der Waals surface area contributed by atoms with Crippen LogP contribution >= 0.6 is 0 Å². The predicted octanol–water partition coefficient (Wildman–Crippen LogP) is 3.67. The maximum Gasteiger partial charge on any atom is -0.00577 e. The van der Waals surface area contributed by atoms with Crippen LogP contribution in [0.15, 0.2) is 29.8 Å². The van der Waals surface area contributed by atoms with Crippen molar-refractivity contribution in [3.05, 3.63) is 41.0 Å². The van der Waals surface area contributed by atoms with Gasteiger partial charge in [0.1, 0.15) is 0 Å². The molecule has 1 aliphatic carbocycles. The molecule has 0 nitrogen and oxygen atoms in total. The second-order valence-electron chi connectivity index (χ2n) is 4.28. The van der Waals surface area contributed by atoms with E-state index in [0.717, 1.165) is 5.92 Å². The SMILES string of the molecule is CC(C)CC1=Cc2ccccc2C1. The van der Waals surface area contributed by atoms with E-state index in [1.165, 1.54) is 24.0 Å². The summed E-state index contributed by atoms with van der Waals surface area (Å²) < 4.78 is 0. The molecule has 2 rings (SSSR count). The van der Waals surface area contributed by atoms with Gasteiger partial charge in [-0.1, -0.05) is 49.8 Å². The van der Waals surface area contributed by atoms with Gasteiger partial charge in [0.05, 0.1) is 0 Å². The lowest BCUT2D eigenvalue weighted by Crippen LogP contribution is -1.91. The summed E-state index contributed by atoms with van der Waals surface area (Å²) >= 11 is 0. The predicted molar refractivity (Wildman–Crippen MR) is 57.6 cm³/mol. The van der Waals surface area contributed by atoms with Gasteiger partial charge in [0.25, 0.3) is 0 Å². The van der Waals surface area contributed by atoms with Crippen molar-refractivity contribution >= 4 is 6.08 Å². The summed E-state index contributed by atoms with van der Waals surface area (Å²) in [5, 5.41) is 0. The largest absolute Gasteiger partial charge is 0.0649 e. The lowest BCUT2D eigenvalue weighted by molar-refractivity contribution is 0.638. The van der Waals surface area contributed by atoms with E-state index in [-0.39, 0.29) is 0 Å². The minimum Gasteiger partial charge on any atom is -0.0649 e. The molecule has 0 heteroatoms. The van der Waals surface area contributed by atoms with Gasteiger partial charge in [0.15, 0.2) is 0 Å². The zero-order chi connectivity index (χ0) is 9.26. The molecule has 1 aliphatic rings. The Morgan fingerprint density at radius 1 is 1.23 bits per heavy atom. The second kappa shape index (κ2) is 3.37. The van der Waals surface area contributed by atoms with E-state index in [1.54, 1.807) is 5.57 Å². The molecule has 0 saturated heterocycles. The normalized spacial score (nSPS) is 14.5. The number of hydrogen-bond donors (Lipinski definition) is 0. The number of rotatable bonds is 2. The molecule has 0 spiro atoms. The fourth-order valence-electron chi connectivity index (χ4n) is 2.01. The van der Waals surface area contributed by atoms with Gasteiger partial charge < -0.3 is 0 Å². The molecule has 1 aromatic carbocycles.